The van der Waals surface area contributed by atoms with E-state index in [-0.39, 0.29) is 5.91 Å². The minimum absolute atomic E-state index is 0.112. The highest BCUT2D eigenvalue weighted by Gasteiger charge is 2.67. The largest absolute Gasteiger partial charge is 0.326 e. The van der Waals surface area contributed by atoms with Gasteiger partial charge in [-0.05, 0) is 38.1 Å². The number of hydrogen-bond acceptors (Lipinski definition) is 3. The van der Waals surface area contributed by atoms with E-state index in [1.165, 1.54) is 5.56 Å². The maximum Gasteiger partial charge on any atom is 0.233 e. The molecule has 23 heavy (non-hydrogen) atoms. The number of rotatable bonds is 4. The highest BCUT2D eigenvalue weighted by atomic mass is 35.5. The minimum atomic E-state index is -0.936. The van der Waals surface area contributed by atoms with Crippen molar-refractivity contribution in [2.75, 3.05) is 38.5 Å². The third-order valence-electron chi connectivity index (χ3n) is 4.95. The third kappa shape index (κ3) is 3.66. The van der Waals surface area contributed by atoms with Crippen molar-refractivity contribution >= 4 is 34.8 Å². The molecule has 0 aromatic heterocycles. The monoisotopic (exact) mass is 355 g/mol. The van der Waals surface area contributed by atoms with E-state index < -0.39 is 9.75 Å². The van der Waals surface area contributed by atoms with Crippen LogP contribution in [-0.4, -0.2) is 53.3 Å². The van der Waals surface area contributed by atoms with E-state index in [1.807, 2.05) is 18.2 Å². The number of nitrogens with one attached hydrogen (secondary N) is 1. The molecule has 3 rings (SSSR count). The van der Waals surface area contributed by atoms with Crippen molar-refractivity contribution in [2.45, 2.75) is 24.2 Å². The summed E-state index contributed by atoms with van der Waals surface area (Å²) >= 11 is 12.2. The van der Waals surface area contributed by atoms with Crippen molar-refractivity contribution in [2.24, 2.45) is 5.41 Å². The zero-order valence-corrected chi connectivity index (χ0v) is 15.1. The quantitative estimate of drug-likeness (QED) is 0.843. The molecule has 1 heterocycles. The van der Waals surface area contributed by atoms with Crippen molar-refractivity contribution < 1.29 is 4.79 Å². The summed E-state index contributed by atoms with van der Waals surface area (Å²) in [5.74, 6) is -0.112. The molecular weight excluding hydrogens is 333 g/mol. The maximum atomic E-state index is 12.4. The van der Waals surface area contributed by atoms with Gasteiger partial charge in [-0.3, -0.25) is 9.69 Å². The van der Waals surface area contributed by atoms with E-state index in [4.69, 9.17) is 23.2 Å². The molecule has 1 aromatic carbocycles. The van der Waals surface area contributed by atoms with E-state index in [2.05, 4.69) is 28.2 Å². The van der Waals surface area contributed by atoms with E-state index >= 15 is 0 Å². The van der Waals surface area contributed by atoms with Gasteiger partial charge in [0.25, 0.3) is 0 Å². The van der Waals surface area contributed by atoms with Crippen molar-refractivity contribution in [3.8, 4) is 0 Å². The average molecular weight is 356 g/mol. The Balaban J connectivity index is 1.61. The fraction of sp³-hybridized carbons (Fsp3) is 0.588. The SMILES string of the molecule is CN1CCN(Cc2cccc(NC(=O)[C@]3(C)CC3(Cl)Cl)c2)CC1. The summed E-state index contributed by atoms with van der Waals surface area (Å²) in [6.45, 7) is 7.06. The lowest BCUT2D eigenvalue weighted by Gasteiger charge is -2.32. The molecule has 2 aliphatic rings. The molecular formula is C17H23Cl2N3O. The fourth-order valence-electron chi connectivity index (χ4n) is 2.93. The van der Waals surface area contributed by atoms with Gasteiger partial charge in [0.05, 0.1) is 5.41 Å². The Kier molecular flexibility index (Phi) is 4.62. The second kappa shape index (κ2) is 6.25. The Morgan fingerprint density at radius 3 is 2.52 bits per heavy atom. The van der Waals surface area contributed by atoms with Crippen LogP contribution in [0.3, 0.4) is 0 Å². The number of benzene rings is 1. The first-order chi connectivity index (χ1) is 10.8. The standard InChI is InChI=1S/C17H23Cl2N3O/c1-16(12-17(16,18)19)15(23)20-14-5-3-4-13(10-14)11-22-8-6-21(2)7-9-22/h3-5,10H,6-9,11-12H2,1-2H3,(H,20,23)/t16-/m0/s1. The van der Waals surface area contributed by atoms with Crippen LogP contribution in [0.1, 0.15) is 18.9 Å². The third-order valence-corrected chi connectivity index (χ3v) is 6.05. The van der Waals surface area contributed by atoms with E-state index in [0.717, 1.165) is 38.4 Å². The second-order valence-electron chi connectivity index (χ2n) is 6.95. The van der Waals surface area contributed by atoms with Gasteiger partial charge in [-0.25, -0.2) is 0 Å². The Morgan fingerprint density at radius 2 is 1.91 bits per heavy atom. The summed E-state index contributed by atoms with van der Waals surface area (Å²) in [6.07, 6.45) is 0.496. The summed E-state index contributed by atoms with van der Waals surface area (Å²) in [6, 6.07) is 8.01. The van der Waals surface area contributed by atoms with Gasteiger partial charge in [0.1, 0.15) is 4.33 Å². The van der Waals surface area contributed by atoms with Crippen molar-refractivity contribution in [3.63, 3.8) is 0 Å². The van der Waals surface area contributed by atoms with Crippen LogP contribution < -0.4 is 5.32 Å². The molecule has 0 bridgehead atoms. The predicted molar refractivity (Wildman–Crippen MR) is 95.0 cm³/mol. The number of carbonyl (C=O) groups excluding carboxylic acids is 1. The van der Waals surface area contributed by atoms with Gasteiger partial charge in [0, 0.05) is 38.4 Å². The molecule has 0 unspecified atom stereocenters. The van der Waals surface area contributed by atoms with Gasteiger partial charge in [-0.2, -0.15) is 0 Å². The molecule has 1 aromatic rings. The first-order valence-corrected chi connectivity index (χ1v) is 8.75. The van der Waals surface area contributed by atoms with Gasteiger partial charge >= 0.3 is 0 Å². The average Bonchev–Trinajstić information content (AvgIpc) is 3.02. The molecule has 0 radical (unpaired) electrons. The number of nitrogens with zero attached hydrogens (tertiary/aromatic N) is 2. The van der Waals surface area contributed by atoms with Crippen LogP contribution in [0.15, 0.2) is 24.3 Å². The van der Waals surface area contributed by atoms with E-state index in [1.54, 1.807) is 6.92 Å². The number of carbonyl (C=O) groups is 1. The highest BCUT2D eigenvalue weighted by molar-refractivity contribution is 6.53. The first-order valence-electron chi connectivity index (χ1n) is 7.99. The molecule has 1 aliphatic carbocycles. The van der Waals surface area contributed by atoms with Gasteiger partial charge in [0.15, 0.2) is 0 Å². The zero-order chi connectivity index (χ0) is 16.7. The molecule has 1 saturated heterocycles. The van der Waals surface area contributed by atoms with E-state index in [9.17, 15) is 4.79 Å². The Bertz CT molecular complexity index is 599. The van der Waals surface area contributed by atoms with Crippen LogP contribution in [0.2, 0.25) is 0 Å². The van der Waals surface area contributed by atoms with Crippen LogP contribution in [0, 0.1) is 5.41 Å². The fourth-order valence-corrected chi connectivity index (χ4v) is 3.63. The molecule has 126 valence electrons. The lowest BCUT2D eigenvalue weighted by Crippen LogP contribution is -2.43. The molecule has 1 atom stereocenters. The summed E-state index contributed by atoms with van der Waals surface area (Å²) in [5.41, 5.74) is 1.32. The number of alkyl halides is 2. The zero-order valence-electron chi connectivity index (χ0n) is 13.6. The topological polar surface area (TPSA) is 35.6 Å². The number of piperazine rings is 1. The summed E-state index contributed by atoms with van der Waals surface area (Å²) < 4.78 is -0.936. The smallest absolute Gasteiger partial charge is 0.233 e. The lowest BCUT2D eigenvalue weighted by molar-refractivity contribution is -0.120. The molecule has 4 nitrogen and oxygen atoms in total. The number of amides is 1. The van der Waals surface area contributed by atoms with Crippen molar-refractivity contribution in [1.29, 1.82) is 0 Å². The van der Waals surface area contributed by atoms with Crippen LogP contribution in [-0.2, 0) is 11.3 Å². The number of likely N-dealkylation sites (N-methyl/N-ethyl adjacent to an activating group) is 1. The molecule has 1 amide bonds. The van der Waals surface area contributed by atoms with Crippen LogP contribution in [0.4, 0.5) is 5.69 Å². The minimum Gasteiger partial charge on any atom is -0.326 e. The van der Waals surface area contributed by atoms with Gasteiger partial charge in [-0.15, -0.1) is 23.2 Å². The molecule has 2 fully saturated rings. The molecule has 0 spiro atoms. The highest BCUT2D eigenvalue weighted by Crippen LogP contribution is 2.64. The van der Waals surface area contributed by atoms with Gasteiger partial charge in [0.2, 0.25) is 5.91 Å². The number of hydrogen-bond donors (Lipinski definition) is 1. The summed E-state index contributed by atoms with van der Waals surface area (Å²) in [4.78, 5) is 17.1. The maximum absolute atomic E-state index is 12.4. The Morgan fingerprint density at radius 1 is 1.26 bits per heavy atom. The molecule has 6 heteroatoms. The van der Waals surface area contributed by atoms with Crippen molar-refractivity contribution in [3.05, 3.63) is 29.8 Å². The number of halogens is 2. The van der Waals surface area contributed by atoms with E-state index in [0.29, 0.717) is 6.42 Å². The molecule has 1 saturated carbocycles. The summed E-state index contributed by atoms with van der Waals surface area (Å²) in [7, 11) is 2.15. The van der Waals surface area contributed by atoms with Crippen LogP contribution in [0.25, 0.3) is 0 Å². The van der Waals surface area contributed by atoms with Gasteiger partial charge in [-0.1, -0.05) is 12.1 Å². The second-order valence-corrected chi connectivity index (χ2v) is 8.43. The van der Waals surface area contributed by atoms with Crippen molar-refractivity contribution in [1.82, 2.24) is 9.80 Å². The Hall–Kier alpha value is -0.810. The molecule has 1 N–H and O–H groups in total. The summed E-state index contributed by atoms with van der Waals surface area (Å²) in [5, 5.41) is 2.95. The van der Waals surface area contributed by atoms with Gasteiger partial charge < -0.3 is 10.2 Å². The van der Waals surface area contributed by atoms with Crippen LogP contribution in [0.5, 0.6) is 0 Å². The lowest BCUT2D eigenvalue weighted by atomic mass is 10.1. The normalized spacial score (nSPS) is 27.7. The predicted octanol–water partition coefficient (Wildman–Crippen LogP) is 2.96. The Labute approximate surface area is 147 Å². The van der Waals surface area contributed by atoms with Crippen LogP contribution >= 0.6 is 23.2 Å². The molecule has 1 aliphatic heterocycles. The first kappa shape index (κ1) is 17.0. The number of anilines is 1.